The van der Waals surface area contributed by atoms with E-state index in [4.69, 9.17) is 4.74 Å². The van der Waals surface area contributed by atoms with Gasteiger partial charge in [-0.1, -0.05) is 31.0 Å². The summed E-state index contributed by atoms with van der Waals surface area (Å²) in [4.78, 5) is 28.6. The number of hydrogen-bond acceptors (Lipinski definition) is 3. The summed E-state index contributed by atoms with van der Waals surface area (Å²) < 4.78 is 6.11. The number of piperidine rings is 1. The summed E-state index contributed by atoms with van der Waals surface area (Å²) in [5.74, 6) is 2.35. The van der Waals surface area contributed by atoms with Gasteiger partial charge in [-0.2, -0.15) is 0 Å². The van der Waals surface area contributed by atoms with Crippen molar-refractivity contribution in [2.75, 3.05) is 32.8 Å². The molecule has 1 aliphatic carbocycles. The molecule has 2 saturated heterocycles. The SMILES string of the molecule is CC(=O)N1CCC([C@@H]2CN(C(=O)NC3CCCC3)C[C@H]2COc2ccccc2)CC1. The molecule has 0 spiro atoms. The lowest BCUT2D eigenvalue weighted by Gasteiger charge is -2.36. The molecule has 0 bridgehead atoms. The first-order chi connectivity index (χ1) is 14.6. The van der Waals surface area contributed by atoms with Crippen molar-refractivity contribution in [2.45, 2.75) is 51.5 Å². The molecule has 1 aromatic rings. The molecular weight excluding hydrogens is 378 g/mol. The van der Waals surface area contributed by atoms with Crippen LogP contribution in [0, 0.1) is 17.8 Å². The molecule has 2 heterocycles. The Morgan fingerprint density at radius 2 is 1.70 bits per heavy atom. The van der Waals surface area contributed by atoms with E-state index in [0.717, 1.165) is 57.6 Å². The minimum absolute atomic E-state index is 0.0929. The molecule has 2 atom stereocenters. The molecule has 6 heteroatoms. The monoisotopic (exact) mass is 413 g/mol. The molecule has 3 amide bonds. The normalized spacial score (nSPS) is 25.5. The highest BCUT2D eigenvalue weighted by Crippen LogP contribution is 2.36. The van der Waals surface area contributed by atoms with Crippen LogP contribution in [-0.2, 0) is 4.79 Å². The van der Waals surface area contributed by atoms with Gasteiger partial charge in [0.05, 0.1) is 6.61 Å². The smallest absolute Gasteiger partial charge is 0.317 e. The number of carbonyl (C=O) groups excluding carboxylic acids is 2. The molecule has 1 N–H and O–H groups in total. The molecule has 0 aromatic heterocycles. The van der Waals surface area contributed by atoms with Crippen LogP contribution in [0.25, 0.3) is 0 Å². The van der Waals surface area contributed by atoms with Crippen LogP contribution in [0.2, 0.25) is 0 Å². The molecule has 164 valence electrons. The number of rotatable bonds is 5. The van der Waals surface area contributed by atoms with E-state index in [2.05, 4.69) is 5.32 Å². The Labute approximate surface area is 179 Å². The van der Waals surface area contributed by atoms with Crippen molar-refractivity contribution >= 4 is 11.9 Å². The van der Waals surface area contributed by atoms with E-state index in [1.54, 1.807) is 6.92 Å². The topological polar surface area (TPSA) is 61.9 Å². The first-order valence-corrected chi connectivity index (χ1v) is 11.6. The van der Waals surface area contributed by atoms with E-state index in [1.807, 2.05) is 40.1 Å². The molecule has 4 rings (SSSR count). The third-order valence-electron chi connectivity index (χ3n) is 7.26. The van der Waals surface area contributed by atoms with E-state index in [-0.39, 0.29) is 11.9 Å². The molecule has 30 heavy (non-hydrogen) atoms. The number of nitrogens with zero attached hydrogens (tertiary/aromatic N) is 2. The quantitative estimate of drug-likeness (QED) is 0.803. The molecule has 0 radical (unpaired) electrons. The first-order valence-electron chi connectivity index (χ1n) is 11.6. The fourth-order valence-corrected chi connectivity index (χ4v) is 5.47. The molecule has 2 aliphatic heterocycles. The zero-order chi connectivity index (χ0) is 20.9. The summed E-state index contributed by atoms with van der Waals surface area (Å²) in [6, 6.07) is 10.4. The average molecular weight is 414 g/mol. The van der Waals surface area contributed by atoms with Gasteiger partial charge in [0.25, 0.3) is 0 Å². The number of hydrogen-bond donors (Lipinski definition) is 1. The molecule has 6 nitrogen and oxygen atoms in total. The van der Waals surface area contributed by atoms with Gasteiger partial charge < -0.3 is 19.9 Å². The minimum atomic E-state index is 0.0929. The van der Waals surface area contributed by atoms with Crippen molar-refractivity contribution in [1.29, 1.82) is 0 Å². The minimum Gasteiger partial charge on any atom is -0.493 e. The standard InChI is InChI=1S/C24H35N3O3/c1-18(28)26-13-11-19(12-14-26)23-16-27(24(29)25-21-7-5-6-8-21)15-20(23)17-30-22-9-3-2-4-10-22/h2-4,9-10,19-21,23H,5-8,11-17H2,1H3,(H,25,29)/t20-,23-/m0/s1. The summed E-state index contributed by atoms with van der Waals surface area (Å²) in [7, 11) is 0. The van der Waals surface area contributed by atoms with Crippen molar-refractivity contribution in [3.05, 3.63) is 30.3 Å². The number of likely N-dealkylation sites (tertiary alicyclic amines) is 2. The number of carbonyl (C=O) groups is 2. The van der Waals surface area contributed by atoms with Gasteiger partial charge in [-0.3, -0.25) is 4.79 Å². The van der Waals surface area contributed by atoms with Crippen molar-refractivity contribution < 1.29 is 14.3 Å². The van der Waals surface area contributed by atoms with Crippen LogP contribution in [0.1, 0.15) is 45.4 Å². The predicted octanol–water partition coefficient (Wildman–Crippen LogP) is 3.52. The second kappa shape index (κ2) is 9.71. The summed E-state index contributed by atoms with van der Waals surface area (Å²) in [5, 5.41) is 3.25. The van der Waals surface area contributed by atoms with Crippen LogP contribution in [0.3, 0.4) is 0 Å². The maximum atomic E-state index is 12.9. The molecule has 0 unspecified atom stereocenters. The molecular formula is C24H35N3O3. The molecule has 3 aliphatic rings. The van der Waals surface area contributed by atoms with Crippen LogP contribution in [0.15, 0.2) is 30.3 Å². The lowest BCUT2D eigenvalue weighted by Crippen LogP contribution is -2.43. The molecule has 1 aromatic carbocycles. The second-order valence-corrected chi connectivity index (χ2v) is 9.23. The van der Waals surface area contributed by atoms with Crippen molar-refractivity contribution in [3.63, 3.8) is 0 Å². The van der Waals surface area contributed by atoms with Crippen LogP contribution in [-0.4, -0.2) is 60.6 Å². The number of para-hydroxylation sites is 1. The fourth-order valence-electron chi connectivity index (χ4n) is 5.47. The predicted molar refractivity (Wildman–Crippen MR) is 116 cm³/mol. The number of urea groups is 1. The summed E-state index contributed by atoms with van der Waals surface area (Å²) in [6.07, 6.45) is 6.68. The zero-order valence-electron chi connectivity index (χ0n) is 18.1. The van der Waals surface area contributed by atoms with E-state index >= 15 is 0 Å². The Bertz CT molecular complexity index is 712. The highest BCUT2D eigenvalue weighted by molar-refractivity contribution is 5.75. The van der Waals surface area contributed by atoms with Gasteiger partial charge in [0.1, 0.15) is 5.75 Å². The summed E-state index contributed by atoms with van der Waals surface area (Å²) in [6.45, 7) is 5.50. The third kappa shape index (κ3) is 5.08. The Kier molecular flexibility index (Phi) is 6.80. The number of ether oxygens (including phenoxy) is 1. The Hall–Kier alpha value is -2.24. The van der Waals surface area contributed by atoms with Crippen molar-refractivity contribution in [1.82, 2.24) is 15.1 Å². The Balaban J connectivity index is 1.39. The highest BCUT2D eigenvalue weighted by atomic mass is 16.5. The first kappa shape index (κ1) is 21.0. The van der Waals surface area contributed by atoms with Crippen LogP contribution >= 0.6 is 0 Å². The van der Waals surface area contributed by atoms with E-state index in [0.29, 0.717) is 30.4 Å². The third-order valence-corrected chi connectivity index (χ3v) is 7.26. The van der Waals surface area contributed by atoms with E-state index < -0.39 is 0 Å². The number of nitrogens with one attached hydrogen (secondary N) is 1. The molecule has 3 fully saturated rings. The molecule has 1 saturated carbocycles. The van der Waals surface area contributed by atoms with Gasteiger partial charge >= 0.3 is 6.03 Å². The van der Waals surface area contributed by atoms with Gasteiger partial charge in [-0.15, -0.1) is 0 Å². The van der Waals surface area contributed by atoms with Crippen LogP contribution < -0.4 is 10.1 Å². The fraction of sp³-hybridized carbons (Fsp3) is 0.667. The number of benzene rings is 1. The Morgan fingerprint density at radius 1 is 1.00 bits per heavy atom. The van der Waals surface area contributed by atoms with Crippen LogP contribution in [0.4, 0.5) is 4.79 Å². The largest absolute Gasteiger partial charge is 0.493 e. The highest BCUT2D eigenvalue weighted by Gasteiger charge is 2.41. The zero-order valence-corrected chi connectivity index (χ0v) is 18.1. The van der Waals surface area contributed by atoms with Crippen LogP contribution in [0.5, 0.6) is 5.75 Å². The summed E-state index contributed by atoms with van der Waals surface area (Å²) >= 11 is 0. The van der Waals surface area contributed by atoms with E-state index in [9.17, 15) is 9.59 Å². The van der Waals surface area contributed by atoms with E-state index in [1.165, 1.54) is 12.8 Å². The van der Waals surface area contributed by atoms with Gasteiger partial charge in [0.2, 0.25) is 5.91 Å². The summed E-state index contributed by atoms with van der Waals surface area (Å²) in [5.41, 5.74) is 0. The van der Waals surface area contributed by atoms with Crippen molar-refractivity contribution in [3.8, 4) is 5.75 Å². The van der Waals surface area contributed by atoms with Gasteiger partial charge in [-0.05, 0) is 49.7 Å². The maximum Gasteiger partial charge on any atom is 0.317 e. The second-order valence-electron chi connectivity index (χ2n) is 9.23. The van der Waals surface area contributed by atoms with Crippen molar-refractivity contribution in [2.24, 2.45) is 17.8 Å². The maximum absolute atomic E-state index is 12.9. The number of amides is 3. The average Bonchev–Trinajstić information content (AvgIpc) is 3.43. The lowest BCUT2D eigenvalue weighted by atomic mass is 9.79. The van der Waals surface area contributed by atoms with Gasteiger partial charge in [-0.25, -0.2) is 4.79 Å². The van der Waals surface area contributed by atoms with Gasteiger partial charge in [0.15, 0.2) is 0 Å². The van der Waals surface area contributed by atoms with Gasteiger partial charge in [0, 0.05) is 45.1 Å². The lowest BCUT2D eigenvalue weighted by molar-refractivity contribution is -0.130. The Morgan fingerprint density at radius 3 is 2.37 bits per heavy atom.